The van der Waals surface area contributed by atoms with Gasteiger partial charge in [-0.3, -0.25) is 4.79 Å². The minimum Gasteiger partial charge on any atom is -0.447 e. The molecular formula is C23H15NO2S. The number of carbonyl (C=O) groups is 1. The first kappa shape index (κ1) is 16.0. The number of thioether (sulfide) groups is 1. The van der Waals surface area contributed by atoms with E-state index in [2.05, 4.69) is 0 Å². The maximum absolute atomic E-state index is 13.4. The summed E-state index contributed by atoms with van der Waals surface area (Å²) in [5.41, 5.74) is 4.06. The van der Waals surface area contributed by atoms with Crippen molar-refractivity contribution in [2.75, 3.05) is 0 Å². The van der Waals surface area contributed by atoms with Crippen LogP contribution in [-0.2, 0) is 9.53 Å². The van der Waals surface area contributed by atoms with Gasteiger partial charge in [0, 0.05) is 17.2 Å². The maximum atomic E-state index is 13.4. The van der Waals surface area contributed by atoms with Gasteiger partial charge in [0.15, 0.2) is 5.09 Å². The van der Waals surface area contributed by atoms with Crippen LogP contribution < -0.4 is 0 Å². The molecule has 0 fully saturated rings. The van der Waals surface area contributed by atoms with Crippen LogP contribution in [0.1, 0.15) is 11.1 Å². The van der Waals surface area contributed by atoms with E-state index >= 15 is 0 Å². The summed E-state index contributed by atoms with van der Waals surface area (Å²) in [4.78, 5) is 15.3. The van der Waals surface area contributed by atoms with Crippen LogP contribution in [0.4, 0.5) is 0 Å². The molecule has 2 aromatic carbocycles. The fourth-order valence-electron chi connectivity index (χ4n) is 3.35. The Kier molecular flexibility index (Phi) is 3.84. The molecule has 5 rings (SSSR count). The van der Waals surface area contributed by atoms with Crippen LogP contribution in [0.3, 0.4) is 0 Å². The van der Waals surface area contributed by atoms with Gasteiger partial charge in [0.25, 0.3) is 0 Å². The summed E-state index contributed by atoms with van der Waals surface area (Å²) in [6, 6.07) is 19.7. The van der Waals surface area contributed by atoms with Crippen molar-refractivity contribution >= 4 is 28.9 Å². The molecule has 4 heteroatoms. The Morgan fingerprint density at radius 3 is 2.30 bits per heavy atom. The average molecular weight is 369 g/mol. The largest absolute Gasteiger partial charge is 0.447 e. The van der Waals surface area contributed by atoms with Crippen molar-refractivity contribution < 1.29 is 9.53 Å². The van der Waals surface area contributed by atoms with Crippen molar-refractivity contribution in [1.29, 1.82) is 0 Å². The lowest BCUT2D eigenvalue weighted by Gasteiger charge is -2.20. The van der Waals surface area contributed by atoms with Crippen LogP contribution in [0.2, 0.25) is 0 Å². The van der Waals surface area contributed by atoms with Gasteiger partial charge in [-0.1, -0.05) is 78.5 Å². The molecule has 0 unspecified atom stereocenters. The van der Waals surface area contributed by atoms with Crippen LogP contribution in [0, 0.1) is 0 Å². The van der Waals surface area contributed by atoms with Crippen molar-refractivity contribution in [2.24, 2.45) is 0 Å². The maximum Gasteiger partial charge on any atom is 0.216 e. The third kappa shape index (κ3) is 2.66. The monoisotopic (exact) mass is 369 g/mol. The summed E-state index contributed by atoms with van der Waals surface area (Å²) in [6.07, 6.45) is 7.76. The SMILES string of the molecule is O=C1C(c2ccccc2)=C2C=CC=CN2/C1=C1\OC(c2ccccc2)=CS1. The molecule has 0 saturated heterocycles. The highest BCUT2D eigenvalue weighted by molar-refractivity contribution is 8.06. The van der Waals surface area contributed by atoms with Crippen LogP contribution in [0.5, 0.6) is 0 Å². The first-order valence-electron chi connectivity index (χ1n) is 8.66. The van der Waals surface area contributed by atoms with E-state index in [1.807, 2.05) is 95.4 Å². The van der Waals surface area contributed by atoms with Crippen LogP contribution in [-0.4, -0.2) is 10.7 Å². The van der Waals surface area contributed by atoms with Crippen molar-refractivity contribution in [1.82, 2.24) is 4.90 Å². The molecule has 0 saturated carbocycles. The van der Waals surface area contributed by atoms with E-state index < -0.39 is 0 Å². The number of carbonyl (C=O) groups excluding carboxylic acids is 1. The minimum absolute atomic E-state index is 0.0161. The van der Waals surface area contributed by atoms with E-state index in [1.54, 1.807) is 0 Å². The predicted molar refractivity (Wildman–Crippen MR) is 109 cm³/mol. The van der Waals surface area contributed by atoms with Crippen molar-refractivity contribution in [2.45, 2.75) is 0 Å². The Labute approximate surface area is 161 Å². The molecule has 0 spiro atoms. The van der Waals surface area contributed by atoms with Gasteiger partial charge in [0.1, 0.15) is 11.5 Å². The highest BCUT2D eigenvalue weighted by Gasteiger charge is 2.38. The molecule has 3 aliphatic heterocycles. The summed E-state index contributed by atoms with van der Waals surface area (Å²) >= 11 is 1.45. The summed E-state index contributed by atoms with van der Waals surface area (Å²) in [5.74, 6) is 0.750. The zero-order chi connectivity index (χ0) is 18.2. The van der Waals surface area contributed by atoms with Gasteiger partial charge in [-0.25, -0.2) is 0 Å². The molecule has 0 amide bonds. The molecule has 0 atom stereocenters. The number of fused-ring (bicyclic) bond motifs is 1. The number of benzene rings is 2. The lowest BCUT2D eigenvalue weighted by atomic mass is 10.0. The van der Waals surface area contributed by atoms with Gasteiger partial charge >= 0.3 is 0 Å². The molecule has 3 nitrogen and oxygen atoms in total. The van der Waals surface area contributed by atoms with Crippen molar-refractivity contribution in [3.05, 3.63) is 118 Å². The van der Waals surface area contributed by atoms with Crippen molar-refractivity contribution in [3.63, 3.8) is 0 Å². The van der Waals surface area contributed by atoms with E-state index in [9.17, 15) is 4.79 Å². The minimum atomic E-state index is -0.0161. The summed E-state index contributed by atoms with van der Waals surface area (Å²) < 4.78 is 6.09. The number of nitrogens with zero attached hydrogens (tertiary/aromatic N) is 1. The molecule has 0 aromatic heterocycles. The number of hydrogen-bond donors (Lipinski definition) is 0. The topological polar surface area (TPSA) is 29.5 Å². The molecule has 130 valence electrons. The van der Waals surface area contributed by atoms with Crippen LogP contribution >= 0.6 is 11.8 Å². The number of ether oxygens (including phenoxy) is 1. The molecule has 0 bridgehead atoms. The summed E-state index contributed by atoms with van der Waals surface area (Å²) in [7, 11) is 0. The van der Waals surface area contributed by atoms with E-state index in [0.29, 0.717) is 16.4 Å². The number of Topliss-reactive ketones (excluding diaryl/α,β-unsaturated/α-hetero) is 1. The van der Waals surface area contributed by atoms with Gasteiger partial charge < -0.3 is 9.64 Å². The van der Waals surface area contributed by atoms with Gasteiger partial charge in [0.2, 0.25) is 5.78 Å². The third-order valence-electron chi connectivity index (χ3n) is 4.59. The fourth-order valence-corrected chi connectivity index (χ4v) is 4.19. The zero-order valence-electron chi connectivity index (χ0n) is 14.3. The normalized spacial score (nSPS) is 20.8. The van der Waals surface area contributed by atoms with E-state index in [4.69, 9.17) is 4.74 Å². The Hall–Kier alpha value is -3.24. The molecule has 27 heavy (non-hydrogen) atoms. The van der Waals surface area contributed by atoms with E-state index in [0.717, 1.165) is 22.6 Å². The first-order valence-corrected chi connectivity index (χ1v) is 9.54. The molecule has 0 N–H and O–H groups in total. The summed E-state index contributed by atoms with van der Waals surface area (Å²) in [5, 5.41) is 2.57. The number of ketones is 1. The number of allylic oxidation sites excluding steroid dienone is 4. The fraction of sp³-hybridized carbons (Fsp3) is 0. The zero-order valence-corrected chi connectivity index (χ0v) is 15.1. The summed E-state index contributed by atoms with van der Waals surface area (Å²) in [6.45, 7) is 0. The van der Waals surface area contributed by atoms with Gasteiger partial charge in [0.05, 0.1) is 11.3 Å². The van der Waals surface area contributed by atoms with Gasteiger partial charge in [-0.05, 0) is 17.7 Å². The van der Waals surface area contributed by atoms with E-state index in [-0.39, 0.29) is 5.78 Å². The number of rotatable bonds is 2. The Morgan fingerprint density at radius 2 is 1.56 bits per heavy atom. The average Bonchev–Trinajstić information content (AvgIpc) is 3.31. The Morgan fingerprint density at radius 1 is 0.852 bits per heavy atom. The lowest BCUT2D eigenvalue weighted by molar-refractivity contribution is -0.111. The Bertz CT molecular complexity index is 1080. The molecule has 0 radical (unpaired) electrons. The second kappa shape index (κ2) is 6.49. The molecule has 3 heterocycles. The number of hydrogen-bond acceptors (Lipinski definition) is 4. The van der Waals surface area contributed by atoms with Crippen molar-refractivity contribution in [3.8, 4) is 0 Å². The molecule has 3 aliphatic rings. The lowest BCUT2D eigenvalue weighted by Crippen LogP contribution is -2.16. The second-order valence-electron chi connectivity index (χ2n) is 6.23. The predicted octanol–water partition coefficient (Wildman–Crippen LogP) is 5.30. The van der Waals surface area contributed by atoms with Crippen LogP contribution in [0.25, 0.3) is 11.3 Å². The first-order chi connectivity index (χ1) is 13.3. The second-order valence-corrected chi connectivity index (χ2v) is 7.07. The Balaban J connectivity index is 1.56. The third-order valence-corrected chi connectivity index (χ3v) is 5.41. The van der Waals surface area contributed by atoms with E-state index in [1.165, 1.54) is 11.8 Å². The van der Waals surface area contributed by atoms with Gasteiger partial charge in [-0.15, -0.1) is 0 Å². The quantitative estimate of drug-likeness (QED) is 0.672. The highest BCUT2D eigenvalue weighted by Crippen LogP contribution is 2.45. The highest BCUT2D eigenvalue weighted by atomic mass is 32.2. The molecule has 0 aliphatic carbocycles. The molecular weight excluding hydrogens is 354 g/mol. The van der Waals surface area contributed by atoms with Crippen LogP contribution in [0.15, 0.2) is 107 Å². The van der Waals surface area contributed by atoms with Gasteiger partial charge in [-0.2, -0.15) is 0 Å². The standard InChI is InChI=1S/C23H15NO2S/c25-22-20(17-11-5-2-6-12-17)18-13-7-8-14-24(18)21(22)23-26-19(15-27-23)16-9-3-1-4-10-16/h1-15H/b23-21+. The molecule has 2 aromatic rings. The smallest absolute Gasteiger partial charge is 0.216 e.